The maximum absolute atomic E-state index is 13.5. The summed E-state index contributed by atoms with van der Waals surface area (Å²) in [6.07, 6.45) is 0. The van der Waals surface area contributed by atoms with E-state index in [-0.39, 0.29) is 11.2 Å². The number of carbonyl (C=O) groups is 1. The highest BCUT2D eigenvalue weighted by Crippen LogP contribution is 2.44. The van der Waals surface area contributed by atoms with Crippen molar-refractivity contribution in [3.63, 3.8) is 0 Å². The number of nitrogens with zero attached hydrogens (tertiary/aromatic N) is 3. The van der Waals surface area contributed by atoms with Crippen LogP contribution in [-0.4, -0.2) is 53.3 Å². The van der Waals surface area contributed by atoms with Crippen molar-refractivity contribution in [2.24, 2.45) is 0 Å². The van der Waals surface area contributed by atoms with Crippen LogP contribution in [-0.2, 0) is 12.0 Å². The number of nitriles is 1. The predicted molar refractivity (Wildman–Crippen MR) is 122 cm³/mol. The highest BCUT2D eigenvalue weighted by Gasteiger charge is 2.39. The summed E-state index contributed by atoms with van der Waals surface area (Å²) in [5.41, 5.74) is 5.97. The van der Waals surface area contributed by atoms with Crippen LogP contribution in [0.3, 0.4) is 0 Å². The van der Waals surface area contributed by atoms with Crippen molar-refractivity contribution in [1.29, 1.82) is 5.26 Å². The Hall–Kier alpha value is -2.94. The van der Waals surface area contributed by atoms with E-state index in [0.29, 0.717) is 5.56 Å². The van der Waals surface area contributed by atoms with E-state index in [0.717, 1.165) is 72.6 Å². The standard InChI is InChI=1S/C26H28N4O/c1-4-29-9-11-30(12-10-29)16-18-6-7-19-21(13-18)26(2,3)25-23(24(19)31)20-8-5-17(15-27)14-22(20)28-25/h5-8,13-14,28H,4,9-12,16H2,1-3H3. The number of H-pyrrole nitrogens is 1. The molecular formula is C26H28N4O. The van der Waals surface area contributed by atoms with Crippen LogP contribution in [0.2, 0.25) is 0 Å². The van der Waals surface area contributed by atoms with Crippen molar-refractivity contribution in [1.82, 2.24) is 14.8 Å². The van der Waals surface area contributed by atoms with E-state index in [1.54, 1.807) is 6.07 Å². The lowest BCUT2D eigenvalue weighted by Crippen LogP contribution is -2.45. The van der Waals surface area contributed by atoms with Gasteiger partial charge in [-0.1, -0.05) is 45.0 Å². The lowest BCUT2D eigenvalue weighted by Gasteiger charge is -2.35. The third kappa shape index (κ3) is 3.18. The summed E-state index contributed by atoms with van der Waals surface area (Å²) in [7, 11) is 0. The van der Waals surface area contributed by atoms with E-state index < -0.39 is 0 Å². The Balaban J connectivity index is 1.52. The van der Waals surface area contributed by atoms with Gasteiger partial charge in [-0.2, -0.15) is 5.26 Å². The molecule has 5 rings (SSSR count). The van der Waals surface area contributed by atoms with Gasteiger partial charge in [-0.05, 0) is 29.8 Å². The van der Waals surface area contributed by atoms with Crippen LogP contribution >= 0.6 is 0 Å². The highest BCUT2D eigenvalue weighted by molar-refractivity contribution is 6.20. The second-order valence-corrected chi connectivity index (χ2v) is 9.29. The van der Waals surface area contributed by atoms with Crippen molar-refractivity contribution in [3.05, 3.63) is 69.9 Å². The summed E-state index contributed by atoms with van der Waals surface area (Å²) in [6.45, 7) is 13.0. The zero-order chi connectivity index (χ0) is 21.8. The van der Waals surface area contributed by atoms with Crippen LogP contribution in [0.25, 0.3) is 10.9 Å². The molecule has 0 atom stereocenters. The Bertz CT molecular complexity index is 1220. The molecule has 2 aliphatic rings. The van der Waals surface area contributed by atoms with Gasteiger partial charge in [0.15, 0.2) is 5.78 Å². The second kappa shape index (κ2) is 7.33. The van der Waals surface area contributed by atoms with E-state index >= 15 is 0 Å². The van der Waals surface area contributed by atoms with Gasteiger partial charge in [0.1, 0.15) is 0 Å². The van der Waals surface area contributed by atoms with Crippen molar-refractivity contribution >= 4 is 16.7 Å². The summed E-state index contributed by atoms with van der Waals surface area (Å²) in [5, 5.41) is 10.2. The summed E-state index contributed by atoms with van der Waals surface area (Å²) in [6, 6.07) is 14.1. The maximum Gasteiger partial charge on any atom is 0.195 e. The van der Waals surface area contributed by atoms with Crippen LogP contribution in [0.5, 0.6) is 0 Å². The third-order valence-electron chi connectivity index (χ3n) is 7.10. The third-order valence-corrected chi connectivity index (χ3v) is 7.10. The fourth-order valence-electron chi connectivity index (χ4n) is 5.17. The Labute approximate surface area is 183 Å². The van der Waals surface area contributed by atoms with E-state index in [9.17, 15) is 10.1 Å². The Kier molecular flexibility index (Phi) is 4.73. The quantitative estimate of drug-likeness (QED) is 0.705. The van der Waals surface area contributed by atoms with Crippen LogP contribution < -0.4 is 0 Å². The van der Waals surface area contributed by atoms with Crippen molar-refractivity contribution in [3.8, 4) is 6.07 Å². The fraction of sp³-hybridized carbons (Fsp3) is 0.385. The molecule has 31 heavy (non-hydrogen) atoms. The summed E-state index contributed by atoms with van der Waals surface area (Å²) in [4.78, 5) is 22.0. The van der Waals surface area contributed by atoms with Crippen molar-refractivity contribution < 1.29 is 4.79 Å². The van der Waals surface area contributed by atoms with Gasteiger partial charge in [0, 0.05) is 60.3 Å². The van der Waals surface area contributed by atoms with Crippen molar-refractivity contribution in [2.75, 3.05) is 32.7 Å². The van der Waals surface area contributed by atoms with Gasteiger partial charge in [0.25, 0.3) is 0 Å². The minimum Gasteiger partial charge on any atom is -0.357 e. The number of benzene rings is 2. The van der Waals surface area contributed by atoms with Gasteiger partial charge >= 0.3 is 0 Å². The first kappa shape index (κ1) is 20.0. The van der Waals surface area contributed by atoms with Crippen LogP contribution in [0.4, 0.5) is 0 Å². The van der Waals surface area contributed by atoms with Crippen LogP contribution in [0.1, 0.15) is 59.1 Å². The number of nitrogens with one attached hydrogen (secondary N) is 1. The molecule has 158 valence electrons. The molecule has 0 bridgehead atoms. The normalized spacial score (nSPS) is 18.6. The molecule has 1 fully saturated rings. The molecule has 2 aromatic carbocycles. The molecule has 0 unspecified atom stereocenters. The number of likely N-dealkylation sites (N-methyl/N-ethyl adjacent to an activating group) is 1. The molecule has 2 heterocycles. The smallest absolute Gasteiger partial charge is 0.195 e. The molecule has 0 radical (unpaired) electrons. The zero-order valence-corrected chi connectivity index (χ0v) is 18.5. The largest absolute Gasteiger partial charge is 0.357 e. The lowest BCUT2D eigenvalue weighted by molar-refractivity contribution is 0.103. The van der Waals surface area contributed by atoms with E-state index in [4.69, 9.17) is 0 Å². The van der Waals surface area contributed by atoms with Gasteiger partial charge in [-0.15, -0.1) is 0 Å². The molecule has 5 nitrogen and oxygen atoms in total. The van der Waals surface area contributed by atoms with E-state index in [1.807, 2.05) is 18.2 Å². The van der Waals surface area contributed by atoms with Gasteiger partial charge in [0.2, 0.25) is 0 Å². The van der Waals surface area contributed by atoms with E-state index in [1.165, 1.54) is 5.56 Å². The fourth-order valence-corrected chi connectivity index (χ4v) is 5.17. The number of hydrogen-bond donors (Lipinski definition) is 1. The molecule has 1 aromatic heterocycles. The van der Waals surface area contributed by atoms with Gasteiger partial charge < -0.3 is 9.88 Å². The molecule has 1 aliphatic carbocycles. The number of aromatic nitrogens is 1. The average molecular weight is 413 g/mol. The molecule has 1 saturated heterocycles. The number of hydrogen-bond acceptors (Lipinski definition) is 4. The monoisotopic (exact) mass is 412 g/mol. The average Bonchev–Trinajstić information content (AvgIpc) is 3.18. The second-order valence-electron chi connectivity index (χ2n) is 9.29. The summed E-state index contributed by atoms with van der Waals surface area (Å²) >= 11 is 0. The minimum absolute atomic E-state index is 0.0726. The first-order chi connectivity index (χ1) is 14.9. The number of ketones is 1. The Morgan fingerprint density at radius 3 is 2.52 bits per heavy atom. The molecule has 5 heteroatoms. The number of piperazine rings is 1. The molecule has 1 N–H and O–H groups in total. The summed E-state index contributed by atoms with van der Waals surface area (Å²) in [5.74, 6) is 0.0726. The molecule has 0 amide bonds. The highest BCUT2D eigenvalue weighted by atomic mass is 16.1. The number of rotatable bonds is 3. The van der Waals surface area contributed by atoms with Gasteiger partial charge in [0.05, 0.1) is 17.2 Å². The molecule has 3 aromatic rings. The molecule has 0 spiro atoms. The lowest BCUT2D eigenvalue weighted by atomic mass is 9.71. The SMILES string of the molecule is CCN1CCN(Cc2ccc3c(c2)C(C)(C)c2[nH]c4cc(C#N)ccc4c2C3=O)CC1. The number of fused-ring (bicyclic) bond motifs is 4. The predicted octanol–water partition coefficient (Wildman–Crippen LogP) is 4.05. The van der Waals surface area contributed by atoms with Crippen molar-refractivity contribution in [2.45, 2.75) is 32.7 Å². The Morgan fingerprint density at radius 1 is 1.06 bits per heavy atom. The van der Waals surface area contributed by atoms with E-state index in [2.05, 4.69) is 53.8 Å². The van der Waals surface area contributed by atoms with Crippen LogP contribution in [0.15, 0.2) is 36.4 Å². The molecule has 1 aliphatic heterocycles. The minimum atomic E-state index is -0.318. The van der Waals surface area contributed by atoms with Crippen LogP contribution in [0, 0.1) is 11.3 Å². The van der Waals surface area contributed by atoms with Gasteiger partial charge in [-0.25, -0.2) is 0 Å². The summed E-state index contributed by atoms with van der Waals surface area (Å²) < 4.78 is 0. The molecule has 0 saturated carbocycles. The Morgan fingerprint density at radius 2 is 1.81 bits per heavy atom. The number of carbonyl (C=O) groups excluding carboxylic acids is 1. The number of aromatic amines is 1. The topological polar surface area (TPSA) is 63.1 Å². The first-order valence-electron chi connectivity index (χ1n) is 11.1. The first-order valence-corrected chi connectivity index (χ1v) is 11.1. The molecular weight excluding hydrogens is 384 g/mol. The van der Waals surface area contributed by atoms with Gasteiger partial charge in [-0.3, -0.25) is 9.69 Å². The maximum atomic E-state index is 13.5. The zero-order valence-electron chi connectivity index (χ0n) is 18.5.